The van der Waals surface area contributed by atoms with Crippen LogP contribution < -0.4 is 9.47 Å². The third-order valence-electron chi connectivity index (χ3n) is 6.50. The standard InChI is InChI=1S/C27H35NO4/c1-5-15-28-19-9-7-11-21(29)26(19)25(27-20(28)10-8-12-22(27)30)18-13-14-23(32-17(3)4)24(16-18)31-6-2/h13-14,16-17,25H,5-12,15H2,1-4H3. The minimum atomic E-state index is -0.305. The first-order valence-electron chi connectivity index (χ1n) is 12.2. The maximum atomic E-state index is 13.3. The number of benzene rings is 1. The van der Waals surface area contributed by atoms with E-state index in [-0.39, 0.29) is 23.6 Å². The summed E-state index contributed by atoms with van der Waals surface area (Å²) >= 11 is 0. The summed E-state index contributed by atoms with van der Waals surface area (Å²) in [5, 5.41) is 0. The molecule has 0 bridgehead atoms. The maximum Gasteiger partial charge on any atom is 0.161 e. The molecule has 4 rings (SSSR count). The van der Waals surface area contributed by atoms with Gasteiger partial charge in [-0.25, -0.2) is 0 Å². The Bertz CT molecular complexity index is 928. The van der Waals surface area contributed by atoms with E-state index in [1.165, 1.54) is 0 Å². The van der Waals surface area contributed by atoms with Crippen molar-refractivity contribution < 1.29 is 19.1 Å². The first-order chi connectivity index (χ1) is 15.5. The second-order valence-corrected chi connectivity index (χ2v) is 9.16. The van der Waals surface area contributed by atoms with Crippen molar-refractivity contribution >= 4 is 11.6 Å². The number of allylic oxidation sites excluding steroid dienone is 4. The molecule has 0 spiro atoms. The van der Waals surface area contributed by atoms with E-state index >= 15 is 0 Å². The van der Waals surface area contributed by atoms with E-state index < -0.39 is 0 Å². The molecule has 0 amide bonds. The molecule has 5 heteroatoms. The highest BCUT2D eigenvalue weighted by Gasteiger charge is 2.43. The zero-order chi connectivity index (χ0) is 22.8. The van der Waals surface area contributed by atoms with E-state index in [9.17, 15) is 9.59 Å². The second kappa shape index (κ2) is 9.51. The second-order valence-electron chi connectivity index (χ2n) is 9.16. The van der Waals surface area contributed by atoms with Crippen LogP contribution in [0, 0.1) is 0 Å². The van der Waals surface area contributed by atoms with Crippen molar-refractivity contribution in [3.63, 3.8) is 0 Å². The molecule has 0 N–H and O–H groups in total. The van der Waals surface area contributed by atoms with Gasteiger partial charge in [0.05, 0.1) is 12.7 Å². The Morgan fingerprint density at radius 3 is 2.09 bits per heavy atom. The monoisotopic (exact) mass is 437 g/mol. The molecule has 3 aliphatic rings. The molecule has 0 fully saturated rings. The number of carbonyl (C=O) groups excluding carboxylic acids is 2. The first-order valence-corrected chi connectivity index (χ1v) is 12.2. The number of rotatable bonds is 7. The van der Waals surface area contributed by atoms with Crippen molar-refractivity contribution in [2.75, 3.05) is 13.2 Å². The Labute approximate surface area is 191 Å². The van der Waals surface area contributed by atoms with Crippen LogP contribution >= 0.6 is 0 Å². The number of carbonyl (C=O) groups is 2. The Morgan fingerprint density at radius 2 is 1.56 bits per heavy atom. The van der Waals surface area contributed by atoms with E-state index in [1.807, 2.05) is 39.0 Å². The molecule has 0 unspecified atom stereocenters. The van der Waals surface area contributed by atoms with Gasteiger partial charge in [0.15, 0.2) is 23.1 Å². The van der Waals surface area contributed by atoms with Crippen molar-refractivity contribution in [2.24, 2.45) is 0 Å². The Morgan fingerprint density at radius 1 is 0.938 bits per heavy atom. The van der Waals surface area contributed by atoms with Gasteiger partial charge in [-0.3, -0.25) is 9.59 Å². The van der Waals surface area contributed by atoms with Gasteiger partial charge in [-0.1, -0.05) is 13.0 Å². The minimum absolute atomic E-state index is 0.0285. The lowest BCUT2D eigenvalue weighted by Crippen LogP contribution is -2.39. The maximum absolute atomic E-state index is 13.3. The Balaban J connectivity index is 1.89. The van der Waals surface area contributed by atoms with Crippen molar-refractivity contribution in [1.29, 1.82) is 0 Å². The lowest BCUT2D eigenvalue weighted by Gasteiger charge is -2.44. The van der Waals surface area contributed by atoms with Crippen molar-refractivity contribution in [1.82, 2.24) is 4.90 Å². The predicted octanol–water partition coefficient (Wildman–Crippen LogP) is 5.70. The van der Waals surface area contributed by atoms with Crippen LogP contribution in [0.4, 0.5) is 0 Å². The van der Waals surface area contributed by atoms with Crippen LogP contribution in [0.2, 0.25) is 0 Å². The van der Waals surface area contributed by atoms with Gasteiger partial charge >= 0.3 is 0 Å². The van der Waals surface area contributed by atoms with Crippen LogP contribution in [0.3, 0.4) is 0 Å². The van der Waals surface area contributed by atoms with E-state index in [1.54, 1.807) is 0 Å². The van der Waals surface area contributed by atoms with Crippen LogP contribution in [-0.2, 0) is 9.59 Å². The molecule has 1 aliphatic heterocycles. The van der Waals surface area contributed by atoms with Crippen LogP contribution in [0.1, 0.15) is 84.1 Å². The molecular formula is C27H35NO4. The molecule has 0 atom stereocenters. The molecule has 1 aromatic rings. The molecule has 0 saturated carbocycles. The van der Waals surface area contributed by atoms with Gasteiger partial charge in [-0.2, -0.15) is 0 Å². The average Bonchev–Trinajstić information content (AvgIpc) is 2.76. The van der Waals surface area contributed by atoms with E-state index in [4.69, 9.17) is 9.47 Å². The van der Waals surface area contributed by atoms with Gasteiger partial charge in [0.1, 0.15) is 0 Å². The fourth-order valence-electron chi connectivity index (χ4n) is 5.37. The summed E-state index contributed by atoms with van der Waals surface area (Å²) in [7, 11) is 0. The molecule has 0 radical (unpaired) electrons. The lowest BCUT2D eigenvalue weighted by molar-refractivity contribution is -0.117. The Hall–Kier alpha value is -2.56. The van der Waals surface area contributed by atoms with Crippen LogP contribution in [0.5, 0.6) is 11.5 Å². The van der Waals surface area contributed by atoms with Crippen LogP contribution in [0.15, 0.2) is 40.7 Å². The highest BCUT2D eigenvalue weighted by atomic mass is 16.5. The van der Waals surface area contributed by atoms with E-state index in [2.05, 4.69) is 11.8 Å². The lowest BCUT2D eigenvalue weighted by atomic mass is 9.71. The zero-order valence-corrected chi connectivity index (χ0v) is 19.8. The molecule has 0 saturated heterocycles. The predicted molar refractivity (Wildman–Crippen MR) is 125 cm³/mol. The summed E-state index contributed by atoms with van der Waals surface area (Å²) in [5.74, 6) is 1.43. The fourth-order valence-corrected chi connectivity index (χ4v) is 5.37. The SMILES string of the molecule is CCCN1C2=C(C(=O)CCC2)C(c2ccc(OC(C)C)c(OCC)c2)C2=C1CCCC2=O. The number of nitrogens with zero attached hydrogens (tertiary/aromatic N) is 1. The topological polar surface area (TPSA) is 55.8 Å². The van der Waals surface area contributed by atoms with E-state index in [0.717, 1.165) is 66.8 Å². The number of Topliss-reactive ketones (excluding diaryl/α,β-unsaturated/α-hetero) is 2. The fraction of sp³-hybridized carbons (Fsp3) is 0.556. The molecule has 0 aromatic heterocycles. The van der Waals surface area contributed by atoms with Gasteiger partial charge < -0.3 is 14.4 Å². The third kappa shape index (κ3) is 4.10. The molecule has 5 nitrogen and oxygen atoms in total. The largest absolute Gasteiger partial charge is 0.490 e. The van der Waals surface area contributed by atoms with Crippen molar-refractivity contribution in [2.45, 2.75) is 84.7 Å². The quantitative estimate of drug-likeness (QED) is 0.548. The van der Waals surface area contributed by atoms with Crippen molar-refractivity contribution in [3.05, 3.63) is 46.3 Å². The minimum Gasteiger partial charge on any atom is -0.490 e. The summed E-state index contributed by atoms with van der Waals surface area (Å²) in [6.45, 7) is 9.46. The highest BCUT2D eigenvalue weighted by Crippen LogP contribution is 2.50. The first kappa shape index (κ1) is 22.6. The van der Waals surface area contributed by atoms with Gasteiger partial charge in [-0.05, 0) is 70.6 Å². The van der Waals surface area contributed by atoms with Gasteiger partial charge in [0, 0.05) is 47.8 Å². The third-order valence-corrected chi connectivity index (χ3v) is 6.50. The number of ether oxygens (including phenoxy) is 2. The molecule has 1 heterocycles. The molecule has 2 aliphatic carbocycles. The summed E-state index contributed by atoms with van der Waals surface area (Å²) < 4.78 is 11.9. The molecule has 1 aromatic carbocycles. The normalized spacial score (nSPS) is 19.5. The highest BCUT2D eigenvalue weighted by molar-refractivity contribution is 6.06. The summed E-state index contributed by atoms with van der Waals surface area (Å²) in [6, 6.07) is 5.93. The average molecular weight is 438 g/mol. The summed E-state index contributed by atoms with van der Waals surface area (Å²) in [4.78, 5) is 28.9. The summed E-state index contributed by atoms with van der Waals surface area (Å²) in [6.07, 6.45) is 5.68. The van der Waals surface area contributed by atoms with Crippen LogP contribution in [0.25, 0.3) is 0 Å². The number of hydrogen-bond donors (Lipinski definition) is 0. The van der Waals surface area contributed by atoms with Gasteiger partial charge in [0.25, 0.3) is 0 Å². The smallest absolute Gasteiger partial charge is 0.161 e. The van der Waals surface area contributed by atoms with Gasteiger partial charge in [0.2, 0.25) is 0 Å². The molecule has 172 valence electrons. The van der Waals surface area contributed by atoms with Gasteiger partial charge in [-0.15, -0.1) is 0 Å². The zero-order valence-electron chi connectivity index (χ0n) is 19.8. The Kier molecular flexibility index (Phi) is 6.73. The van der Waals surface area contributed by atoms with E-state index in [0.29, 0.717) is 30.9 Å². The summed E-state index contributed by atoms with van der Waals surface area (Å²) in [5.41, 5.74) is 4.90. The van der Waals surface area contributed by atoms with Crippen LogP contribution in [-0.4, -0.2) is 35.7 Å². The molecule has 32 heavy (non-hydrogen) atoms. The molecular weight excluding hydrogens is 402 g/mol. The van der Waals surface area contributed by atoms with Crippen molar-refractivity contribution in [3.8, 4) is 11.5 Å². The number of ketones is 2. The number of hydrogen-bond acceptors (Lipinski definition) is 5.